The first kappa shape index (κ1) is 33.9. The zero-order valence-electron chi connectivity index (χ0n) is 25.8. The lowest BCUT2D eigenvalue weighted by Crippen LogP contribution is -2.60. The van der Waals surface area contributed by atoms with Crippen LogP contribution in [0, 0.1) is 0 Å². The molecule has 1 N–H and O–H groups in total. The Morgan fingerprint density at radius 3 is 2.16 bits per heavy atom. The predicted octanol–water partition coefficient (Wildman–Crippen LogP) is 5.38. The van der Waals surface area contributed by atoms with Gasteiger partial charge in [-0.2, -0.15) is 17.5 Å². The summed E-state index contributed by atoms with van der Waals surface area (Å²) in [6.45, 7) is 9.43. The zero-order chi connectivity index (χ0) is 33.2. The summed E-state index contributed by atoms with van der Waals surface area (Å²) in [7, 11) is -4.36. The van der Waals surface area contributed by atoms with E-state index in [0.29, 0.717) is 23.9 Å². The minimum absolute atomic E-state index is 0.0865. The molecule has 9 nitrogen and oxygen atoms in total. The van der Waals surface area contributed by atoms with E-state index in [9.17, 15) is 31.2 Å². The van der Waals surface area contributed by atoms with Crippen LogP contribution >= 0.6 is 0 Å². The number of piperazine rings is 1. The highest BCUT2D eigenvalue weighted by Gasteiger charge is 2.41. The van der Waals surface area contributed by atoms with Crippen molar-refractivity contribution >= 4 is 27.7 Å². The number of sulfonamides is 1. The van der Waals surface area contributed by atoms with E-state index in [1.54, 1.807) is 31.7 Å². The molecule has 0 aliphatic carbocycles. The number of nitrogens with zero attached hydrogens (tertiary/aromatic N) is 3. The summed E-state index contributed by atoms with van der Waals surface area (Å²) in [5.41, 5.74) is 0.505. The van der Waals surface area contributed by atoms with Gasteiger partial charge in [0.15, 0.2) is 0 Å². The molecule has 1 saturated heterocycles. The third kappa shape index (κ3) is 8.40. The van der Waals surface area contributed by atoms with Crippen LogP contribution in [0.15, 0.2) is 71.8 Å². The Balaban J connectivity index is 1.58. The van der Waals surface area contributed by atoms with E-state index < -0.39 is 45.3 Å². The van der Waals surface area contributed by atoms with E-state index >= 15 is 0 Å². The summed E-state index contributed by atoms with van der Waals surface area (Å²) < 4.78 is 73.1. The number of halogens is 3. The Morgan fingerprint density at radius 1 is 0.978 bits per heavy atom. The Kier molecular flexibility index (Phi) is 9.93. The van der Waals surface area contributed by atoms with Crippen molar-refractivity contribution in [1.29, 1.82) is 0 Å². The summed E-state index contributed by atoms with van der Waals surface area (Å²) in [6.07, 6.45) is -3.28. The van der Waals surface area contributed by atoms with Crippen molar-refractivity contribution < 1.29 is 35.9 Å². The number of carbonyl (C=O) groups is 2. The van der Waals surface area contributed by atoms with E-state index in [1.165, 1.54) is 12.3 Å². The zero-order valence-corrected chi connectivity index (χ0v) is 26.6. The SMILES string of the molecule is CC(C)c1ccc(CNC(=O)[C@H]2CN(c3ccc(C(=O)OC(C)(C)C)cn3)CCN2S(=O)(=O)c2ccc(C(F)(F)F)cc2)cc1. The molecule has 0 unspecified atom stereocenters. The minimum atomic E-state index is -4.63. The van der Waals surface area contributed by atoms with Crippen LogP contribution in [0.1, 0.15) is 67.6 Å². The van der Waals surface area contributed by atoms with Gasteiger partial charge in [0.1, 0.15) is 17.5 Å². The second-order valence-corrected chi connectivity index (χ2v) is 14.0. The van der Waals surface area contributed by atoms with Crippen molar-refractivity contribution in [1.82, 2.24) is 14.6 Å². The molecule has 4 rings (SSSR count). The number of aromatic nitrogens is 1. The molecule has 3 aromatic rings. The molecule has 0 bridgehead atoms. The quantitative estimate of drug-likeness (QED) is 0.328. The standard InChI is InChI=1S/C32H37F3N4O5S/c1-21(2)23-8-6-22(7-9-23)18-37-29(40)27-20-38(28-15-10-24(19-36-28)30(41)44-31(3,4)5)16-17-39(27)45(42,43)26-13-11-25(12-14-26)32(33,34)35/h6-15,19,21,27H,16-18,20H2,1-5H3,(H,37,40)/t27-/m1/s1. The molecule has 45 heavy (non-hydrogen) atoms. The number of pyridine rings is 1. The second-order valence-electron chi connectivity index (χ2n) is 12.1. The van der Waals surface area contributed by atoms with Crippen LogP contribution in [-0.4, -0.2) is 60.9 Å². The van der Waals surface area contributed by atoms with Gasteiger partial charge in [-0.25, -0.2) is 18.2 Å². The average Bonchev–Trinajstić information content (AvgIpc) is 2.98. The van der Waals surface area contributed by atoms with Gasteiger partial charge in [-0.05, 0) is 74.2 Å². The van der Waals surface area contributed by atoms with E-state index in [1.807, 2.05) is 24.3 Å². The van der Waals surface area contributed by atoms with Gasteiger partial charge >= 0.3 is 12.1 Å². The topological polar surface area (TPSA) is 109 Å². The Morgan fingerprint density at radius 2 is 1.62 bits per heavy atom. The highest BCUT2D eigenvalue weighted by atomic mass is 32.2. The number of ether oxygens (including phenoxy) is 1. The third-order valence-electron chi connectivity index (χ3n) is 7.24. The lowest BCUT2D eigenvalue weighted by Gasteiger charge is -2.40. The minimum Gasteiger partial charge on any atom is -0.456 e. The molecule has 0 saturated carbocycles. The fraction of sp³-hybridized carbons (Fsp3) is 0.406. The fourth-order valence-corrected chi connectivity index (χ4v) is 6.36. The molecular formula is C32H37F3N4O5S. The number of hydrogen-bond donors (Lipinski definition) is 1. The summed E-state index contributed by atoms with van der Waals surface area (Å²) in [4.78, 5) is 31.8. The highest BCUT2D eigenvalue weighted by Crippen LogP contribution is 2.31. The molecule has 0 radical (unpaired) electrons. The first-order chi connectivity index (χ1) is 21.0. The van der Waals surface area contributed by atoms with Crippen molar-refractivity contribution in [2.45, 2.75) is 69.8 Å². The Bertz CT molecular complexity index is 1600. The van der Waals surface area contributed by atoms with Crippen LogP contribution in [-0.2, 0) is 32.3 Å². The first-order valence-corrected chi connectivity index (χ1v) is 15.9. The van der Waals surface area contributed by atoms with E-state index in [0.717, 1.165) is 27.6 Å². The fourth-order valence-electron chi connectivity index (χ4n) is 4.79. The summed E-state index contributed by atoms with van der Waals surface area (Å²) in [5, 5.41) is 2.82. The summed E-state index contributed by atoms with van der Waals surface area (Å²) in [6, 6.07) is 12.8. The van der Waals surface area contributed by atoms with E-state index in [4.69, 9.17) is 4.74 Å². The Labute approximate surface area is 261 Å². The average molecular weight is 647 g/mol. The van der Waals surface area contributed by atoms with Gasteiger partial charge in [0.25, 0.3) is 0 Å². The molecule has 1 aliphatic rings. The van der Waals surface area contributed by atoms with E-state index in [-0.39, 0.29) is 36.6 Å². The van der Waals surface area contributed by atoms with Crippen LogP contribution in [0.4, 0.5) is 19.0 Å². The third-order valence-corrected chi connectivity index (χ3v) is 9.16. The van der Waals surface area contributed by atoms with Gasteiger partial charge in [-0.15, -0.1) is 0 Å². The number of amides is 1. The van der Waals surface area contributed by atoms with Gasteiger partial charge in [0.2, 0.25) is 15.9 Å². The number of carbonyl (C=O) groups excluding carboxylic acids is 2. The summed E-state index contributed by atoms with van der Waals surface area (Å²) in [5.74, 6) is -0.380. The molecule has 0 spiro atoms. The van der Waals surface area contributed by atoms with Crippen molar-refractivity contribution in [3.05, 3.63) is 89.1 Å². The smallest absolute Gasteiger partial charge is 0.416 e. The van der Waals surface area contributed by atoms with Gasteiger partial charge in [-0.1, -0.05) is 38.1 Å². The molecular weight excluding hydrogens is 609 g/mol. The molecule has 13 heteroatoms. The van der Waals surface area contributed by atoms with Crippen molar-refractivity contribution in [3.8, 4) is 0 Å². The molecule has 2 aromatic carbocycles. The monoisotopic (exact) mass is 646 g/mol. The van der Waals surface area contributed by atoms with Crippen molar-refractivity contribution in [3.63, 3.8) is 0 Å². The van der Waals surface area contributed by atoms with Gasteiger partial charge in [0.05, 0.1) is 16.0 Å². The number of hydrogen-bond acceptors (Lipinski definition) is 7. The van der Waals surface area contributed by atoms with Crippen LogP contribution < -0.4 is 10.2 Å². The molecule has 1 atom stereocenters. The predicted molar refractivity (Wildman–Crippen MR) is 163 cm³/mol. The molecule has 242 valence electrons. The number of anilines is 1. The Hall–Kier alpha value is -3.97. The van der Waals surface area contributed by atoms with Gasteiger partial charge < -0.3 is 15.0 Å². The molecule has 1 amide bonds. The lowest BCUT2D eigenvalue weighted by molar-refractivity contribution is -0.137. The van der Waals surface area contributed by atoms with Crippen LogP contribution in [0.3, 0.4) is 0 Å². The van der Waals surface area contributed by atoms with Crippen LogP contribution in [0.2, 0.25) is 0 Å². The van der Waals surface area contributed by atoms with E-state index in [2.05, 4.69) is 24.1 Å². The lowest BCUT2D eigenvalue weighted by atomic mass is 10.0. The maximum absolute atomic E-state index is 13.7. The molecule has 1 aliphatic heterocycles. The first-order valence-electron chi connectivity index (χ1n) is 14.5. The highest BCUT2D eigenvalue weighted by molar-refractivity contribution is 7.89. The number of esters is 1. The normalized spacial score (nSPS) is 16.5. The largest absolute Gasteiger partial charge is 0.456 e. The number of rotatable bonds is 8. The second kappa shape index (κ2) is 13.2. The summed E-state index contributed by atoms with van der Waals surface area (Å²) >= 11 is 0. The maximum atomic E-state index is 13.7. The number of alkyl halides is 3. The van der Waals surface area contributed by atoms with Gasteiger partial charge in [0, 0.05) is 32.4 Å². The van der Waals surface area contributed by atoms with Crippen molar-refractivity contribution in [2.75, 3.05) is 24.5 Å². The number of benzene rings is 2. The van der Waals surface area contributed by atoms with Crippen LogP contribution in [0.5, 0.6) is 0 Å². The number of nitrogens with one attached hydrogen (secondary N) is 1. The van der Waals surface area contributed by atoms with Gasteiger partial charge in [-0.3, -0.25) is 4.79 Å². The van der Waals surface area contributed by atoms with Crippen LogP contribution in [0.25, 0.3) is 0 Å². The molecule has 1 fully saturated rings. The molecule has 1 aromatic heterocycles. The molecule has 2 heterocycles. The van der Waals surface area contributed by atoms with Crippen molar-refractivity contribution in [2.24, 2.45) is 0 Å². The maximum Gasteiger partial charge on any atom is 0.416 e.